The van der Waals surface area contributed by atoms with Gasteiger partial charge in [0, 0.05) is 11.3 Å². The first-order valence-electron chi connectivity index (χ1n) is 20.0. The maximum absolute atomic E-state index is 10.5. The molecular formula is C53H62O4. The Kier molecular flexibility index (Phi) is 12.1. The van der Waals surface area contributed by atoms with Crippen LogP contribution in [0.15, 0.2) is 109 Å². The lowest BCUT2D eigenvalue weighted by Gasteiger charge is -2.35. The van der Waals surface area contributed by atoms with Gasteiger partial charge in [-0.3, -0.25) is 0 Å². The van der Waals surface area contributed by atoms with Crippen molar-refractivity contribution in [2.24, 2.45) is 0 Å². The molecule has 6 aromatic carbocycles. The van der Waals surface area contributed by atoms with E-state index in [1.54, 1.807) is 0 Å². The van der Waals surface area contributed by atoms with E-state index in [2.05, 4.69) is 137 Å². The fourth-order valence-electron chi connectivity index (χ4n) is 8.34. The zero-order chi connectivity index (χ0) is 42.2. The molecule has 0 fully saturated rings. The molecule has 0 heterocycles. The first-order valence-corrected chi connectivity index (χ1v) is 20.0. The molecule has 6 aromatic rings. The summed E-state index contributed by atoms with van der Waals surface area (Å²) in [7, 11) is 0. The van der Waals surface area contributed by atoms with Gasteiger partial charge in [-0.1, -0.05) is 126 Å². The van der Waals surface area contributed by atoms with Crippen LogP contribution in [-0.4, -0.2) is 20.4 Å². The maximum atomic E-state index is 10.5. The highest BCUT2D eigenvalue weighted by Gasteiger charge is 2.34. The number of hydrogen-bond acceptors (Lipinski definition) is 4. The molecule has 0 aromatic heterocycles. The fourth-order valence-corrected chi connectivity index (χ4v) is 8.34. The van der Waals surface area contributed by atoms with Crippen molar-refractivity contribution < 1.29 is 20.4 Å². The van der Waals surface area contributed by atoms with Crippen molar-refractivity contribution in [3.8, 4) is 23.0 Å². The van der Waals surface area contributed by atoms with Crippen LogP contribution in [0.1, 0.15) is 132 Å². The molecule has 0 bridgehead atoms. The summed E-state index contributed by atoms with van der Waals surface area (Å²) in [4.78, 5) is 0. The van der Waals surface area contributed by atoms with E-state index >= 15 is 0 Å². The van der Waals surface area contributed by atoms with Gasteiger partial charge in [-0.05, 0) is 161 Å². The van der Waals surface area contributed by atoms with E-state index in [9.17, 15) is 20.4 Å². The van der Waals surface area contributed by atoms with Crippen LogP contribution in [0.5, 0.6) is 23.0 Å². The average molecular weight is 763 g/mol. The van der Waals surface area contributed by atoms with Gasteiger partial charge in [-0.25, -0.2) is 0 Å². The number of aromatic hydroxyl groups is 4. The Bertz CT molecular complexity index is 2250. The van der Waals surface area contributed by atoms with E-state index in [-0.39, 0.29) is 16.7 Å². The standard InChI is InChI=1S/C28H34O2.C25H28O2/c1-26(2,3)22-17-20(13-15-24(22)29)28(7,19-11-9-8-10-12-19)21-14-16-25(30)23(18-21)27(4,5)6;1-14-12-21(26)16(3)18(5)23(14)25(20-10-8-7-9-11-20)24-15(2)13-22(27)17(4)19(24)6/h8-18,29-30H,1-7H3;7-13,25-27H,1-6H3. The normalized spacial score (nSPS) is 12.0. The minimum absolute atomic E-state index is 0.0461. The van der Waals surface area contributed by atoms with Crippen molar-refractivity contribution in [2.45, 2.75) is 112 Å². The highest BCUT2D eigenvalue weighted by atomic mass is 16.3. The number of phenolic OH excluding ortho intramolecular Hbond substituents is 4. The van der Waals surface area contributed by atoms with Crippen LogP contribution in [0, 0.1) is 41.5 Å². The zero-order valence-corrected chi connectivity index (χ0v) is 36.3. The Labute approximate surface area is 341 Å². The van der Waals surface area contributed by atoms with E-state index in [1.165, 1.54) is 22.3 Å². The van der Waals surface area contributed by atoms with E-state index < -0.39 is 5.41 Å². The van der Waals surface area contributed by atoms with Crippen LogP contribution in [0.25, 0.3) is 0 Å². The van der Waals surface area contributed by atoms with Gasteiger partial charge >= 0.3 is 0 Å². The lowest BCUT2D eigenvalue weighted by Crippen LogP contribution is -2.27. The van der Waals surface area contributed by atoms with Crippen molar-refractivity contribution in [2.75, 3.05) is 0 Å². The van der Waals surface area contributed by atoms with Gasteiger partial charge in [-0.15, -0.1) is 0 Å². The predicted octanol–water partition coefficient (Wildman–Crippen LogP) is 13.2. The first kappa shape index (κ1) is 42.7. The van der Waals surface area contributed by atoms with Crippen molar-refractivity contribution >= 4 is 0 Å². The van der Waals surface area contributed by atoms with Gasteiger partial charge in [0.2, 0.25) is 0 Å². The molecule has 6 rings (SSSR count). The molecule has 57 heavy (non-hydrogen) atoms. The molecule has 0 unspecified atom stereocenters. The summed E-state index contributed by atoms with van der Waals surface area (Å²) in [6.07, 6.45) is 0. The third-order valence-corrected chi connectivity index (χ3v) is 12.1. The molecule has 0 spiro atoms. The van der Waals surface area contributed by atoms with Gasteiger partial charge in [0.15, 0.2) is 0 Å². The Morgan fingerprint density at radius 3 is 1.12 bits per heavy atom. The lowest BCUT2D eigenvalue weighted by atomic mass is 9.68. The van der Waals surface area contributed by atoms with Gasteiger partial charge in [0.25, 0.3) is 0 Å². The fraction of sp³-hybridized carbons (Fsp3) is 0.321. The monoisotopic (exact) mass is 762 g/mol. The summed E-state index contributed by atoms with van der Waals surface area (Å²) in [6, 6.07) is 36.6. The van der Waals surface area contributed by atoms with Gasteiger partial charge in [0.05, 0.1) is 0 Å². The number of aryl methyl sites for hydroxylation is 2. The first-order chi connectivity index (χ1) is 26.6. The lowest BCUT2D eigenvalue weighted by molar-refractivity contribution is 0.445. The Morgan fingerprint density at radius 1 is 0.386 bits per heavy atom. The number of benzene rings is 6. The third kappa shape index (κ3) is 8.47. The second-order valence-corrected chi connectivity index (χ2v) is 18.1. The molecule has 0 atom stereocenters. The minimum atomic E-state index is -0.442. The molecule has 298 valence electrons. The largest absolute Gasteiger partial charge is 0.508 e. The zero-order valence-electron chi connectivity index (χ0n) is 36.3. The number of phenols is 4. The van der Waals surface area contributed by atoms with Gasteiger partial charge < -0.3 is 20.4 Å². The topological polar surface area (TPSA) is 80.9 Å². The van der Waals surface area contributed by atoms with Crippen LogP contribution in [0.2, 0.25) is 0 Å². The van der Waals surface area contributed by atoms with E-state index in [4.69, 9.17) is 0 Å². The number of rotatable bonds is 6. The summed E-state index contributed by atoms with van der Waals surface area (Å²) >= 11 is 0. The van der Waals surface area contributed by atoms with Crippen LogP contribution in [-0.2, 0) is 16.2 Å². The minimum Gasteiger partial charge on any atom is -0.508 e. The smallest absolute Gasteiger partial charge is 0.119 e. The third-order valence-electron chi connectivity index (χ3n) is 12.1. The molecule has 0 saturated carbocycles. The molecule has 4 heteroatoms. The van der Waals surface area contributed by atoms with Crippen LogP contribution < -0.4 is 0 Å². The van der Waals surface area contributed by atoms with Crippen LogP contribution in [0.3, 0.4) is 0 Å². The molecule has 0 aliphatic heterocycles. The van der Waals surface area contributed by atoms with Crippen molar-refractivity contribution in [3.05, 3.63) is 187 Å². The SMILES string of the molecule is CC(C)(C)c1cc(C(C)(c2ccccc2)c2ccc(O)c(C(C)(C)C)c2)ccc1O.Cc1cc(O)c(C)c(C)c1C(c1ccccc1)c1c(C)cc(O)c(C)c1C. The second kappa shape index (κ2) is 16.2. The highest BCUT2D eigenvalue weighted by molar-refractivity contribution is 5.60. The average Bonchev–Trinajstić information content (AvgIpc) is 3.15. The van der Waals surface area contributed by atoms with Crippen LogP contribution in [0.4, 0.5) is 0 Å². The van der Waals surface area contributed by atoms with E-state index in [1.807, 2.05) is 62.4 Å². The molecule has 0 saturated heterocycles. The predicted molar refractivity (Wildman–Crippen MR) is 238 cm³/mol. The maximum Gasteiger partial charge on any atom is 0.119 e. The Balaban J connectivity index is 0.000000219. The molecule has 4 N–H and O–H groups in total. The molecule has 0 amide bonds. The van der Waals surface area contributed by atoms with Gasteiger partial charge in [-0.2, -0.15) is 0 Å². The summed E-state index contributed by atoms with van der Waals surface area (Å²) in [6.45, 7) is 27.2. The molecule has 4 nitrogen and oxygen atoms in total. The molecule has 0 aliphatic carbocycles. The summed E-state index contributed by atoms with van der Waals surface area (Å²) in [5, 5.41) is 41.6. The summed E-state index contributed by atoms with van der Waals surface area (Å²) < 4.78 is 0. The van der Waals surface area contributed by atoms with E-state index in [0.29, 0.717) is 23.0 Å². The summed E-state index contributed by atoms with van der Waals surface area (Å²) in [5.41, 5.74) is 14.4. The number of hydrogen-bond donors (Lipinski definition) is 4. The van der Waals surface area contributed by atoms with E-state index in [0.717, 1.165) is 55.6 Å². The molecule has 0 aliphatic rings. The van der Waals surface area contributed by atoms with Gasteiger partial charge in [0.1, 0.15) is 23.0 Å². The van der Waals surface area contributed by atoms with Crippen LogP contribution >= 0.6 is 0 Å². The van der Waals surface area contributed by atoms with Crippen molar-refractivity contribution in [3.63, 3.8) is 0 Å². The van der Waals surface area contributed by atoms with Crippen molar-refractivity contribution in [1.29, 1.82) is 0 Å². The van der Waals surface area contributed by atoms with Crippen molar-refractivity contribution in [1.82, 2.24) is 0 Å². The Morgan fingerprint density at radius 2 is 0.754 bits per heavy atom. The summed E-state index contributed by atoms with van der Waals surface area (Å²) in [5.74, 6) is 1.38. The molecule has 0 radical (unpaired) electrons. The quantitative estimate of drug-likeness (QED) is 0.127. The molecular weight excluding hydrogens is 701 g/mol. The Hall–Kier alpha value is -5.48. The second-order valence-electron chi connectivity index (χ2n) is 18.1. The highest BCUT2D eigenvalue weighted by Crippen LogP contribution is 2.46.